The molecule has 6 heteroatoms. The van der Waals surface area contributed by atoms with Crippen LogP contribution >= 0.6 is 0 Å². The van der Waals surface area contributed by atoms with Gasteiger partial charge >= 0.3 is 5.97 Å². The number of carbonyl (C=O) groups excluding carboxylic acids is 1. The largest absolute Gasteiger partial charge is 0.491 e. The van der Waals surface area contributed by atoms with Crippen molar-refractivity contribution in [2.75, 3.05) is 38.7 Å². The fourth-order valence-corrected chi connectivity index (χ4v) is 3.08. The second-order valence-electron chi connectivity index (χ2n) is 7.06. The normalized spacial score (nSPS) is 11.5. The number of benzene rings is 3. The molecule has 0 aliphatic carbocycles. The molecule has 162 valence electrons. The van der Waals surface area contributed by atoms with E-state index in [4.69, 9.17) is 9.47 Å². The lowest BCUT2D eigenvalue weighted by atomic mass is 10.0. The summed E-state index contributed by atoms with van der Waals surface area (Å²) >= 11 is 0. The van der Waals surface area contributed by atoms with Crippen molar-refractivity contribution in [1.82, 2.24) is 5.32 Å². The molecule has 0 aliphatic heterocycles. The molecular weight excluding hydrogens is 392 g/mol. The van der Waals surface area contributed by atoms with Gasteiger partial charge in [-0.05, 0) is 47.5 Å². The van der Waals surface area contributed by atoms with Gasteiger partial charge in [0.15, 0.2) is 0 Å². The number of rotatable bonds is 11. The molecule has 0 heterocycles. The summed E-state index contributed by atoms with van der Waals surface area (Å²) in [7, 11) is 1.38. The van der Waals surface area contributed by atoms with E-state index in [9.17, 15) is 9.90 Å². The van der Waals surface area contributed by atoms with Gasteiger partial charge in [0.05, 0.1) is 12.7 Å². The van der Waals surface area contributed by atoms with Gasteiger partial charge in [0.1, 0.15) is 18.5 Å². The SMILES string of the molecule is COC(=O)c1cccc(-c2cccc(NCCNCC(O)COc3ccccc3)c2)c1. The van der Waals surface area contributed by atoms with Crippen LogP contribution in [0.15, 0.2) is 78.9 Å². The number of aliphatic hydroxyl groups excluding tert-OH is 1. The van der Waals surface area contributed by atoms with Crippen LogP contribution in [0.4, 0.5) is 5.69 Å². The quantitative estimate of drug-likeness (QED) is 0.325. The summed E-state index contributed by atoms with van der Waals surface area (Å²) < 4.78 is 10.3. The Morgan fingerprint density at radius 3 is 2.45 bits per heavy atom. The molecule has 1 atom stereocenters. The van der Waals surface area contributed by atoms with Gasteiger partial charge in [-0.15, -0.1) is 0 Å². The number of hydrogen-bond acceptors (Lipinski definition) is 6. The molecule has 3 aromatic carbocycles. The number of nitrogens with one attached hydrogen (secondary N) is 2. The van der Waals surface area contributed by atoms with Crippen molar-refractivity contribution >= 4 is 11.7 Å². The van der Waals surface area contributed by atoms with Crippen molar-refractivity contribution in [3.8, 4) is 16.9 Å². The van der Waals surface area contributed by atoms with Crippen molar-refractivity contribution in [2.45, 2.75) is 6.10 Å². The molecule has 0 aromatic heterocycles. The van der Waals surface area contributed by atoms with Gasteiger partial charge in [-0.1, -0.05) is 42.5 Å². The molecule has 31 heavy (non-hydrogen) atoms. The molecule has 0 saturated heterocycles. The molecule has 0 saturated carbocycles. The maximum Gasteiger partial charge on any atom is 0.337 e. The summed E-state index contributed by atoms with van der Waals surface area (Å²) in [5.74, 6) is 0.402. The molecule has 3 N–H and O–H groups in total. The second-order valence-corrected chi connectivity index (χ2v) is 7.06. The van der Waals surface area contributed by atoms with Gasteiger partial charge < -0.3 is 25.2 Å². The third kappa shape index (κ3) is 7.13. The third-order valence-corrected chi connectivity index (χ3v) is 4.68. The van der Waals surface area contributed by atoms with Crippen LogP contribution in [-0.4, -0.2) is 50.5 Å². The maximum absolute atomic E-state index is 11.8. The summed E-state index contributed by atoms with van der Waals surface area (Å²) in [5, 5.41) is 16.6. The van der Waals surface area contributed by atoms with Crippen LogP contribution in [0.2, 0.25) is 0 Å². The first-order valence-corrected chi connectivity index (χ1v) is 10.2. The number of hydrogen-bond donors (Lipinski definition) is 3. The predicted octanol–water partition coefficient (Wildman–Crippen LogP) is 3.58. The van der Waals surface area contributed by atoms with Gasteiger partial charge in [-0.25, -0.2) is 4.79 Å². The van der Waals surface area contributed by atoms with Crippen LogP contribution in [0.1, 0.15) is 10.4 Å². The Morgan fingerprint density at radius 2 is 1.68 bits per heavy atom. The van der Waals surface area contributed by atoms with Crippen molar-refractivity contribution < 1.29 is 19.4 Å². The first-order valence-electron chi connectivity index (χ1n) is 10.2. The van der Waals surface area contributed by atoms with Crippen molar-refractivity contribution in [3.63, 3.8) is 0 Å². The fraction of sp³-hybridized carbons (Fsp3) is 0.240. The number of carbonyl (C=O) groups is 1. The topological polar surface area (TPSA) is 79.8 Å². The summed E-state index contributed by atoms with van der Waals surface area (Å²) in [6.45, 7) is 2.11. The highest BCUT2D eigenvalue weighted by Gasteiger charge is 2.07. The zero-order valence-corrected chi connectivity index (χ0v) is 17.6. The van der Waals surface area contributed by atoms with Crippen molar-refractivity contribution in [3.05, 3.63) is 84.4 Å². The van der Waals surface area contributed by atoms with Gasteiger partial charge in [0, 0.05) is 25.3 Å². The first kappa shape index (κ1) is 22.3. The molecule has 1 unspecified atom stereocenters. The lowest BCUT2D eigenvalue weighted by Gasteiger charge is -2.14. The Labute approximate surface area is 182 Å². The standard InChI is InChI=1S/C25H28N2O4/c1-30-25(29)21-9-5-7-19(15-21)20-8-6-10-22(16-20)27-14-13-26-17-23(28)18-31-24-11-3-2-4-12-24/h2-12,15-16,23,26-28H,13-14,17-18H2,1H3. The van der Waals surface area contributed by atoms with E-state index in [1.54, 1.807) is 6.07 Å². The number of anilines is 1. The predicted molar refractivity (Wildman–Crippen MR) is 123 cm³/mol. The Morgan fingerprint density at radius 1 is 0.935 bits per heavy atom. The average Bonchev–Trinajstić information content (AvgIpc) is 2.83. The van der Waals surface area contributed by atoms with E-state index < -0.39 is 6.10 Å². The highest BCUT2D eigenvalue weighted by Crippen LogP contribution is 2.23. The van der Waals surface area contributed by atoms with E-state index in [2.05, 4.69) is 10.6 Å². The molecular formula is C25H28N2O4. The Hall–Kier alpha value is -3.35. The summed E-state index contributed by atoms with van der Waals surface area (Å²) in [5.41, 5.74) is 3.47. The molecule has 0 bridgehead atoms. The number of aliphatic hydroxyl groups is 1. The lowest BCUT2D eigenvalue weighted by Crippen LogP contribution is -2.34. The lowest BCUT2D eigenvalue weighted by molar-refractivity contribution is 0.0600. The monoisotopic (exact) mass is 420 g/mol. The maximum atomic E-state index is 11.8. The minimum atomic E-state index is -0.578. The third-order valence-electron chi connectivity index (χ3n) is 4.68. The van der Waals surface area contributed by atoms with Crippen LogP contribution in [0.3, 0.4) is 0 Å². The first-order chi connectivity index (χ1) is 15.2. The number of esters is 1. The van der Waals surface area contributed by atoms with Crippen LogP contribution < -0.4 is 15.4 Å². The van der Waals surface area contributed by atoms with E-state index in [-0.39, 0.29) is 12.6 Å². The van der Waals surface area contributed by atoms with E-state index in [1.807, 2.05) is 72.8 Å². The van der Waals surface area contributed by atoms with Crippen LogP contribution in [0.25, 0.3) is 11.1 Å². The summed E-state index contributed by atoms with van der Waals surface area (Å²) in [6, 6.07) is 24.8. The molecule has 0 amide bonds. The summed E-state index contributed by atoms with van der Waals surface area (Å²) in [6.07, 6.45) is -0.578. The van der Waals surface area contributed by atoms with Crippen LogP contribution in [-0.2, 0) is 4.74 Å². The van der Waals surface area contributed by atoms with Crippen LogP contribution in [0, 0.1) is 0 Å². The van der Waals surface area contributed by atoms with Crippen LogP contribution in [0.5, 0.6) is 5.75 Å². The van der Waals surface area contributed by atoms with Crippen molar-refractivity contribution in [1.29, 1.82) is 0 Å². The van der Waals surface area contributed by atoms with Crippen molar-refractivity contribution in [2.24, 2.45) is 0 Å². The van der Waals surface area contributed by atoms with E-state index in [1.165, 1.54) is 7.11 Å². The number of para-hydroxylation sites is 1. The minimum absolute atomic E-state index is 0.247. The molecule has 3 aromatic rings. The summed E-state index contributed by atoms with van der Waals surface area (Å²) in [4.78, 5) is 11.8. The Kier molecular flexibility index (Phi) is 8.46. The second kappa shape index (κ2) is 11.7. The molecule has 0 spiro atoms. The molecule has 0 fully saturated rings. The Bertz CT molecular complexity index is 963. The van der Waals surface area contributed by atoms with E-state index in [0.717, 1.165) is 22.6 Å². The molecule has 6 nitrogen and oxygen atoms in total. The smallest absolute Gasteiger partial charge is 0.337 e. The van der Waals surface area contributed by atoms with Gasteiger partial charge in [-0.3, -0.25) is 0 Å². The highest BCUT2D eigenvalue weighted by atomic mass is 16.5. The molecule has 0 aliphatic rings. The van der Waals surface area contributed by atoms with Gasteiger partial charge in [0.2, 0.25) is 0 Å². The number of ether oxygens (including phenoxy) is 2. The fourth-order valence-electron chi connectivity index (χ4n) is 3.08. The van der Waals surface area contributed by atoms with Gasteiger partial charge in [-0.2, -0.15) is 0 Å². The zero-order valence-electron chi connectivity index (χ0n) is 17.6. The average molecular weight is 421 g/mol. The molecule has 0 radical (unpaired) electrons. The minimum Gasteiger partial charge on any atom is -0.491 e. The molecule has 3 rings (SSSR count). The van der Waals surface area contributed by atoms with Gasteiger partial charge in [0.25, 0.3) is 0 Å². The number of methoxy groups -OCH3 is 1. The zero-order chi connectivity index (χ0) is 21.9. The Balaban J connectivity index is 1.42. The van der Waals surface area contributed by atoms with E-state index in [0.29, 0.717) is 25.2 Å². The highest BCUT2D eigenvalue weighted by molar-refractivity contribution is 5.91. The van der Waals surface area contributed by atoms with E-state index >= 15 is 0 Å².